The van der Waals surface area contributed by atoms with E-state index >= 15 is 0 Å². The monoisotopic (exact) mass is 807 g/mol. The molecule has 57 heavy (non-hydrogen) atoms. The van der Waals surface area contributed by atoms with Gasteiger partial charge in [0.25, 0.3) is 0 Å². The van der Waals surface area contributed by atoms with E-state index in [1.54, 1.807) is 0 Å². The van der Waals surface area contributed by atoms with Gasteiger partial charge in [-0.15, -0.1) is 0 Å². The van der Waals surface area contributed by atoms with Crippen LogP contribution in [0.5, 0.6) is 0 Å². The molecule has 0 aromatic rings. The zero-order valence-electron chi connectivity index (χ0n) is 38.6. The summed E-state index contributed by atoms with van der Waals surface area (Å²) < 4.78 is 16.8. The Balaban J connectivity index is 4.31. The first kappa shape index (κ1) is 55.4. The van der Waals surface area contributed by atoms with Crippen LogP contribution in [0.25, 0.3) is 0 Å². The number of hydrogen-bond acceptors (Lipinski definition) is 6. The number of carbonyl (C=O) groups excluding carboxylic acids is 3. The van der Waals surface area contributed by atoms with Crippen LogP contribution in [0.1, 0.15) is 290 Å². The molecule has 0 saturated heterocycles. The third kappa shape index (κ3) is 45.3. The van der Waals surface area contributed by atoms with E-state index in [4.69, 9.17) is 14.2 Å². The quantitative estimate of drug-likeness (QED) is 0.0346. The van der Waals surface area contributed by atoms with Crippen molar-refractivity contribution in [2.75, 3.05) is 13.2 Å². The Morgan fingerprint density at radius 2 is 0.474 bits per heavy atom. The maximum atomic E-state index is 12.8. The molecule has 0 fully saturated rings. The third-order valence-corrected chi connectivity index (χ3v) is 11.6. The number of hydrogen-bond donors (Lipinski definition) is 0. The molecule has 0 aromatic heterocycles. The van der Waals surface area contributed by atoms with E-state index in [0.717, 1.165) is 57.8 Å². The largest absolute Gasteiger partial charge is 0.462 e. The van der Waals surface area contributed by atoms with Gasteiger partial charge in [0.1, 0.15) is 13.2 Å². The molecule has 0 radical (unpaired) electrons. The van der Waals surface area contributed by atoms with Gasteiger partial charge in [0.2, 0.25) is 0 Å². The Hall–Kier alpha value is -1.59. The van der Waals surface area contributed by atoms with Crippen LogP contribution in [0.15, 0.2) is 0 Å². The average molecular weight is 807 g/mol. The zero-order chi connectivity index (χ0) is 41.5. The fraction of sp³-hybridized carbons (Fsp3) is 0.941. The molecule has 0 saturated carbocycles. The summed E-state index contributed by atoms with van der Waals surface area (Å²) in [5.74, 6) is -0.842. The average Bonchev–Trinajstić information content (AvgIpc) is 3.21. The molecule has 0 spiro atoms. The Labute approximate surface area is 355 Å². The van der Waals surface area contributed by atoms with Crippen LogP contribution in [0.4, 0.5) is 0 Å². The van der Waals surface area contributed by atoms with Crippen molar-refractivity contribution in [1.29, 1.82) is 0 Å². The minimum absolute atomic E-state index is 0.0618. The van der Waals surface area contributed by atoms with Gasteiger partial charge in [-0.05, 0) is 19.3 Å². The number of unbranched alkanes of at least 4 members (excludes halogenated alkanes) is 36. The molecule has 0 aromatic carbocycles. The van der Waals surface area contributed by atoms with Crippen molar-refractivity contribution in [3.05, 3.63) is 0 Å². The summed E-state index contributed by atoms with van der Waals surface area (Å²) in [5, 5.41) is 0. The molecule has 0 amide bonds. The molecular formula is C51H98O6. The Morgan fingerprint density at radius 1 is 0.281 bits per heavy atom. The number of ether oxygens (including phenoxy) is 3. The summed E-state index contributed by atoms with van der Waals surface area (Å²) in [5.41, 5.74) is 0. The lowest BCUT2D eigenvalue weighted by Gasteiger charge is -2.18. The number of carbonyl (C=O) groups is 3. The van der Waals surface area contributed by atoms with Crippen LogP contribution in [0.2, 0.25) is 0 Å². The standard InChI is InChI=1S/C51H98O6/c1-4-7-10-13-16-19-22-25-27-29-32-35-38-41-44-50(53)56-47-48(46-55-49(52)43-40-37-34-31-28-24-21-18-15-12-9-6-3)57-51(54)45-42-39-36-33-30-26-23-20-17-14-11-8-5-2/h48H,4-47H2,1-3H3/t48-/m1/s1. The Kier molecular flexibility index (Phi) is 45.8. The van der Waals surface area contributed by atoms with Crippen LogP contribution in [0.3, 0.4) is 0 Å². The second kappa shape index (κ2) is 47.1. The first-order valence-corrected chi connectivity index (χ1v) is 25.5. The molecule has 338 valence electrons. The summed E-state index contributed by atoms with van der Waals surface area (Å²) in [6.07, 6.45) is 49.3. The van der Waals surface area contributed by atoms with Crippen molar-refractivity contribution >= 4 is 17.9 Å². The fourth-order valence-corrected chi connectivity index (χ4v) is 7.74. The molecule has 6 heteroatoms. The predicted octanol–water partition coefficient (Wildman–Crippen LogP) is 16.4. The van der Waals surface area contributed by atoms with E-state index < -0.39 is 6.10 Å². The van der Waals surface area contributed by atoms with Crippen molar-refractivity contribution in [1.82, 2.24) is 0 Å². The molecule has 0 bridgehead atoms. The predicted molar refractivity (Wildman–Crippen MR) is 243 cm³/mol. The van der Waals surface area contributed by atoms with Crippen molar-refractivity contribution in [3.8, 4) is 0 Å². The lowest BCUT2D eigenvalue weighted by Crippen LogP contribution is -2.30. The Morgan fingerprint density at radius 3 is 0.702 bits per heavy atom. The first-order chi connectivity index (χ1) is 28.0. The highest BCUT2D eigenvalue weighted by molar-refractivity contribution is 5.71. The van der Waals surface area contributed by atoms with Crippen LogP contribution in [-0.4, -0.2) is 37.2 Å². The van der Waals surface area contributed by atoms with E-state index in [1.165, 1.54) is 193 Å². The molecule has 0 unspecified atom stereocenters. The van der Waals surface area contributed by atoms with Crippen LogP contribution in [-0.2, 0) is 28.6 Å². The van der Waals surface area contributed by atoms with E-state index in [0.29, 0.717) is 19.3 Å². The SMILES string of the molecule is CCCCCCCCCCCCCCCCC(=O)OC[C@@H](COC(=O)CCCCCCCCCCCCCC)OC(=O)CCCCCCCCCCCCCCC. The summed E-state index contributed by atoms with van der Waals surface area (Å²) in [6, 6.07) is 0. The van der Waals surface area contributed by atoms with Gasteiger partial charge in [0.15, 0.2) is 6.10 Å². The molecule has 0 aliphatic carbocycles. The van der Waals surface area contributed by atoms with Gasteiger partial charge in [0.05, 0.1) is 0 Å². The van der Waals surface area contributed by atoms with E-state index in [-0.39, 0.29) is 31.1 Å². The highest BCUT2D eigenvalue weighted by atomic mass is 16.6. The molecule has 6 nitrogen and oxygen atoms in total. The van der Waals surface area contributed by atoms with Gasteiger partial charge in [-0.2, -0.15) is 0 Å². The number of rotatable bonds is 47. The maximum absolute atomic E-state index is 12.8. The van der Waals surface area contributed by atoms with Crippen LogP contribution in [0, 0.1) is 0 Å². The minimum atomic E-state index is -0.759. The maximum Gasteiger partial charge on any atom is 0.306 e. The highest BCUT2D eigenvalue weighted by Gasteiger charge is 2.19. The van der Waals surface area contributed by atoms with Crippen molar-refractivity contribution in [2.45, 2.75) is 297 Å². The molecule has 0 aliphatic rings. The zero-order valence-corrected chi connectivity index (χ0v) is 38.6. The van der Waals surface area contributed by atoms with E-state index in [2.05, 4.69) is 20.8 Å². The molecule has 0 aliphatic heterocycles. The van der Waals surface area contributed by atoms with Gasteiger partial charge in [0, 0.05) is 19.3 Å². The number of esters is 3. The summed E-state index contributed by atoms with van der Waals surface area (Å²) in [6.45, 7) is 6.67. The second-order valence-corrected chi connectivity index (χ2v) is 17.5. The van der Waals surface area contributed by atoms with Gasteiger partial charge in [-0.1, -0.05) is 252 Å². The van der Waals surface area contributed by atoms with E-state index in [9.17, 15) is 14.4 Å². The molecule has 0 N–H and O–H groups in total. The van der Waals surface area contributed by atoms with Gasteiger partial charge >= 0.3 is 17.9 Å². The molecule has 0 rings (SSSR count). The van der Waals surface area contributed by atoms with Crippen molar-refractivity contribution in [3.63, 3.8) is 0 Å². The normalized spacial score (nSPS) is 11.8. The molecule has 0 heterocycles. The Bertz CT molecular complexity index is 844. The third-order valence-electron chi connectivity index (χ3n) is 11.6. The summed E-state index contributed by atoms with van der Waals surface area (Å²) in [4.78, 5) is 37.9. The molecular weight excluding hydrogens is 709 g/mol. The smallest absolute Gasteiger partial charge is 0.306 e. The highest BCUT2D eigenvalue weighted by Crippen LogP contribution is 2.17. The summed E-state index contributed by atoms with van der Waals surface area (Å²) in [7, 11) is 0. The van der Waals surface area contributed by atoms with Crippen molar-refractivity contribution in [2.24, 2.45) is 0 Å². The first-order valence-electron chi connectivity index (χ1n) is 25.5. The van der Waals surface area contributed by atoms with Gasteiger partial charge in [-0.25, -0.2) is 0 Å². The topological polar surface area (TPSA) is 78.9 Å². The van der Waals surface area contributed by atoms with Gasteiger partial charge < -0.3 is 14.2 Å². The fourth-order valence-electron chi connectivity index (χ4n) is 7.74. The summed E-state index contributed by atoms with van der Waals surface area (Å²) >= 11 is 0. The van der Waals surface area contributed by atoms with Gasteiger partial charge in [-0.3, -0.25) is 14.4 Å². The van der Waals surface area contributed by atoms with Crippen LogP contribution < -0.4 is 0 Å². The molecule has 1 atom stereocenters. The lowest BCUT2D eigenvalue weighted by molar-refractivity contribution is -0.167. The van der Waals surface area contributed by atoms with E-state index in [1.807, 2.05) is 0 Å². The minimum Gasteiger partial charge on any atom is -0.462 e. The second-order valence-electron chi connectivity index (χ2n) is 17.5. The lowest BCUT2D eigenvalue weighted by atomic mass is 10.0. The van der Waals surface area contributed by atoms with Crippen molar-refractivity contribution < 1.29 is 28.6 Å². The van der Waals surface area contributed by atoms with Crippen LogP contribution >= 0.6 is 0 Å².